The predicted molar refractivity (Wildman–Crippen MR) is 103 cm³/mol. The number of hydrogen-bond acceptors (Lipinski definition) is 5. The van der Waals surface area contributed by atoms with E-state index in [1.807, 2.05) is 48.5 Å². The van der Waals surface area contributed by atoms with E-state index >= 15 is 0 Å². The quantitative estimate of drug-likeness (QED) is 0.473. The molecule has 3 rings (SSSR count). The van der Waals surface area contributed by atoms with Crippen molar-refractivity contribution < 1.29 is 23.7 Å². The molecule has 0 aliphatic carbocycles. The van der Waals surface area contributed by atoms with Crippen molar-refractivity contribution in [3.63, 3.8) is 0 Å². The summed E-state index contributed by atoms with van der Waals surface area (Å²) in [5.74, 6) is 1.15. The van der Waals surface area contributed by atoms with Gasteiger partial charge in [-0.2, -0.15) is 0 Å². The lowest BCUT2D eigenvalue weighted by Gasteiger charge is -2.14. The first-order valence-electron chi connectivity index (χ1n) is 8.34. The number of esters is 1. The highest BCUT2D eigenvalue weighted by molar-refractivity contribution is 5.93. The van der Waals surface area contributed by atoms with Gasteiger partial charge in [-0.25, -0.2) is 4.79 Å². The Morgan fingerprint density at radius 1 is 0.704 bits per heavy atom. The Kier molecular flexibility index (Phi) is 5.61. The molecule has 0 aliphatic rings. The molecule has 0 radical (unpaired) electrons. The van der Waals surface area contributed by atoms with Crippen molar-refractivity contribution in [3.05, 3.63) is 72.3 Å². The third-order valence-corrected chi connectivity index (χ3v) is 4.07. The number of hydrogen-bond donors (Lipinski definition) is 0. The van der Waals surface area contributed by atoms with Gasteiger partial charge in [0.05, 0.1) is 26.9 Å². The molecule has 0 heterocycles. The minimum absolute atomic E-state index is 0.298. The molecule has 0 unspecified atom stereocenters. The van der Waals surface area contributed by atoms with Crippen LogP contribution in [0.5, 0.6) is 23.0 Å². The molecule has 0 bridgehead atoms. The second-order valence-corrected chi connectivity index (χ2v) is 5.67. The zero-order chi connectivity index (χ0) is 19.2. The molecule has 27 heavy (non-hydrogen) atoms. The molecule has 0 saturated heterocycles. The van der Waals surface area contributed by atoms with Crippen LogP contribution in [-0.2, 0) is 0 Å². The van der Waals surface area contributed by atoms with Crippen LogP contribution in [0, 0.1) is 0 Å². The van der Waals surface area contributed by atoms with Crippen LogP contribution < -0.4 is 18.9 Å². The number of benzene rings is 3. The zero-order valence-corrected chi connectivity index (χ0v) is 15.4. The summed E-state index contributed by atoms with van der Waals surface area (Å²) >= 11 is 0. The highest BCUT2D eigenvalue weighted by atomic mass is 16.5. The van der Waals surface area contributed by atoms with Crippen molar-refractivity contribution in [2.45, 2.75) is 0 Å². The third kappa shape index (κ3) is 3.87. The Hall–Kier alpha value is -3.47. The molecule has 0 aromatic heterocycles. The fraction of sp³-hybridized carbons (Fsp3) is 0.136. The van der Waals surface area contributed by atoms with E-state index in [-0.39, 0.29) is 0 Å². The van der Waals surface area contributed by atoms with Crippen molar-refractivity contribution in [1.82, 2.24) is 0 Å². The number of methoxy groups -OCH3 is 3. The lowest BCUT2D eigenvalue weighted by Crippen LogP contribution is -2.10. The van der Waals surface area contributed by atoms with Gasteiger partial charge in [0.15, 0.2) is 11.5 Å². The Morgan fingerprint density at radius 2 is 1.30 bits per heavy atom. The second-order valence-electron chi connectivity index (χ2n) is 5.67. The summed E-state index contributed by atoms with van der Waals surface area (Å²) in [4.78, 5) is 12.8. The fourth-order valence-corrected chi connectivity index (χ4v) is 2.77. The van der Waals surface area contributed by atoms with Crippen LogP contribution in [0.25, 0.3) is 11.1 Å². The number of carbonyl (C=O) groups excluding carboxylic acids is 1. The van der Waals surface area contributed by atoms with Gasteiger partial charge in [-0.1, -0.05) is 48.5 Å². The van der Waals surface area contributed by atoms with Gasteiger partial charge in [-0.05, 0) is 23.8 Å². The van der Waals surface area contributed by atoms with Crippen LogP contribution in [0.4, 0.5) is 0 Å². The Morgan fingerprint density at radius 3 is 1.89 bits per heavy atom. The molecule has 0 atom stereocenters. The van der Waals surface area contributed by atoms with Crippen molar-refractivity contribution in [3.8, 4) is 34.1 Å². The van der Waals surface area contributed by atoms with Crippen molar-refractivity contribution in [1.29, 1.82) is 0 Å². The number of para-hydroxylation sites is 1. The largest absolute Gasteiger partial charge is 0.493 e. The molecule has 0 aliphatic heterocycles. The summed E-state index contributed by atoms with van der Waals surface area (Å²) in [6, 6.07) is 20.3. The van der Waals surface area contributed by atoms with Crippen molar-refractivity contribution in [2.24, 2.45) is 0 Å². The summed E-state index contributed by atoms with van der Waals surface area (Å²) in [6.07, 6.45) is 0. The van der Waals surface area contributed by atoms with E-state index in [0.29, 0.717) is 28.6 Å². The molecule has 3 aromatic rings. The van der Waals surface area contributed by atoms with Crippen molar-refractivity contribution >= 4 is 5.97 Å². The van der Waals surface area contributed by atoms with Crippen LogP contribution in [0.15, 0.2) is 66.7 Å². The molecule has 3 aromatic carbocycles. The molecule has 5 heteroatoms. The first-order valence-corrected chi connectivity index (χ1v) is 8.34. The first kappa shape index (κ1) is 18.3. The number of carbonyl (C=O) groups is 1. The molecule has 5 nitrogen and oxygen atoms in total. The smallest absolute Gasteiger partial charge is 0.343 e. The lowest BCUT2D eigenvalue weighted by molar-refractivity contribution is 0.0734. The van der Waals surface area contributed by atoms with E-state index in [4.69, 9.17) is 18.9 Å². The van der Waals surface area contributed by atoms with E-state index in [9.17, 15) is 4.79 Å². The van der Waals surface area contributed by atoms with Gasteiger partial charge in [0.1, 0.15) is 5.75 Å². The summed E-state index contributed by atoms with van der Waals surface area (Å²) in [5.41, 5.74) is 2.09. The average Bonchev–Trinajstić information content (AvgIpc) is 2.73. The van der Waals surface area contributed by atoms with Gasteiger partial charge >= 0.3 is 5.97 Å². The van der Waals surface area contributed by atoms with E-state index in [2.05, 4.69) is 0 Å². The Bertz CT molecular complexity index is 909. The van der Waals surface area contributed by atoms with Crippen molar-refractivity contribution in [2.75, 3.05) is 21.3 Å². The van der Waals surface area contributed by atoms with E-state index in [0.717, 1.165) is 11.1 Å². The molecule has 0 amide bonds. The molecule has 0 fully saturated rings. The highest BCUT2D eigenvalue weighted by Crippen LogP contribution is 2.38. The molecule has 138 valence electrons. The molecular formula is C22H20O5. The van der Waals surface area contributed by atoms with Gasteiger partial charge in [0.25, 0.3) is 0 Å². The van der Waals surface area contributed by atoms with E-state index < -0.39 is 5.97 Å². The number of rotatable bonds is 6. The highest BCUT2D eigenvalue weighted by Gasteiger charge is 2.19. The van der Waals surface area contributed by atoms with E-state index in [1.165, 1.54) is 21.3 Å². The van der Waals surface area contributed by atoms with Gasteiger partial charge in [0, 0.05) is 5.56 Å². The molecular weight excluding hydrogens is 344 g/mol. The van der Waals surface area contributed by atoms with Crippen LogP contribution in [-0.4, -0.2) is 27.3 Å². The molecule has 0 N–H and O–H groups in total. The topological polar surface area (TPSA) is 54.0 Å². The normalized spacial score (nSPS) is 10.2. The minimum atomic E-state index is -0.516. The molecule has 0 saturated carbocycles. The summed E-state index contributed by atoms with van der Waals surface area (Å²) < 4.78 is 21.6. The summed E-state index contributed by atoms with van der Waals surface area (Å²) in [7, 11) is 4.50. The summed E-state index contributed by atoms with van der Waals surface area (Å²) in [6.45, 7) is 0. The third-order valence-electron chi connectivity index (χ3n) is 4.07. The monoisotopic (exact) mass is 364 g/mol. The SMILES string of the molecule is COc1cc(C(=O)Oc2ccccc2-c2ccccc2)cc(OC)c1OC. The molecule has 0 spiro atoms. The first-order chi connectivity index (χ1) is 13.2. The van der Waals surface area contributed by atoms with Crippen LogP contribution >= 0.6 is 0 Å². The minimum Gasteiger partial charge on any atom is -0.493 e. The van der Waals surface area contributed by atoms with Gasteiger partial charge in [0.2, 0.25) is 5.75 Å². The second kappa shape index (κ2) is 8.27. The van der Waals surface area contributed by atoms with Crippen LogP contribution in [0.1, 0.15) is 10.4 Å². The summed E-state index contributed by atoms with van der Waals surface area (Å²) in [5, 5.41) is 0. The average molecular weight is 364 g/mol. The maximum absolute atomic E-state index is 12.8. The van der Waals surface area contributed by atoms with Crippen LogP contribution in [0.2, 0.25) is 0 Å². The zero-order valence-electron chi connectivity index (χ0n) is 15.4. The lowest BCUT2D eigenvalue weighted by atomic mass is 10.0. The predicted octanol–water partition coefficient (Wildman–Crippen LogP) is 4.60. The maximum atomic E-state index is 12.8. The van der Waals surface area contributed by atoms with Crippen LogP contribution in [0.3, 0.4) is 0 Å². The fourth-order valence-electron chi connectivity index (χ4n) is 2.77. The van der Waals surface area contributed by atoms with Gasteiger partial charge in [-0.15, -0.1) is 0 Å². The van der Waals surface area contributed by atoms with Gasteiger partial charge < -0.3 is 18.9 Å². The Labute approximate surface area is 158 Å². The Balaban J connectivity index is 1.95. The van der Waals surface area contributed by atoms with E-state index in [1.54, 1.807) is 18.2 Å². The van der Waals surface area contributed by atoms with Gasteiger partial charge in [-0.3, -0.25) is 0 Å². The standard InChI is InChI=1S/C22H20O5/c1-24-19-13-16(14-20(25-2)21(19)26-3)22(23)27-18-12-8-7-11-17(18)15-9-5-4-6-10-15/h4-14H,1-3H3. The maximum Gasteiger partial charge on any atom is 0.343 e. The number of ether oxygens (including phenoxy) is 4.